The van der Waals surface area contributed by atoms with Crippen LogP contribution in [-0.2, 0) is 6.54 Å². The highest BCUT2D eigenvalue weighted by Crippen LogP contribution is 2.41. The number of nitrogens with zero attached hydrogens (tertiary/aromatic N) is 3. The summed E-state index contributed by atoms with van der Waals surface area (Å²) in [6, 6.07) is 30.6. The minimum atomic E-state index is 0.365. The molecule has 0 N–H and O–H groups in total. The second-order valence-electron chi connectivity index (χ2n) is 12.8. The maximum atomic E-state index is 6.68. The largest absolute Gasteiger partial charge is 0.453 e. The quantitative estimate of drug-likeness (QED) is 0.197. The standard InChI is InChI=1S/C40H39N3O/c1-23(2)31-20-29(28-13-9-8-10-14-28)21-32(24(3)4)34(31)22-43-36-16-12-11-15-35(36)42-40(43)30-18-17-25(5)37-33-19-26(6)41-27(7)38(33)44-39(30)37/h8-21,23-24H,22H2,1-7H3. The number of aryl methyl sites for hydroxylation is 3. The second-order valence-corrected chi connectivity index (χ2v) is 12.8. The van der Waals surface area contributed by atoms with Crippen LogP contribution >= 0.6 is 0 Å². The topological polar surface area (TPSA) is 43.9 Å². The Morgan fingerprint density at radius 1 is 0.705 bits per heavy atom. The zero-order chi connectivity index (χ0) is 30.7. The summed E-state index contributed by atoms with van der Waals surface area (Å²) in [4.78, 5) is 9.97. The summed E-state index contributed by atoms with van der Waals surface area (Å²) < 4.78 is 9.08. The van der Waals surface area contributed by atoms with Crippen LogP contribution in [0.3, 0.4) is 0 Å². The molecule has 3 heterocycles. The van der Waals surface area contributed by atoms with Crippen molar-refractivity contribution >= 4 is 33.0 Å². The first-order chi connectivity index (χ1) is 21.2. The van der Waals surface area contributed by atoms with E-state index in [2.05, 4.69) is 124 Å². The lowest BCUT2D eigenvalue weighted by molar-refractivity contribution is 0.662. The maximum absolute atomic E-state index is 6.68. The number of pyridine rings is 1. The molecule has 0 spiro atoms. The van der Waals surface area contributed by atoms with Gasteiger partial charge in [-0.25, -0.2) is 4.98 Å². The van der Waals surface area contributed by atoms with Crippen molar-refractivity contribution in [1.82, 2.24) is 14.5 Å². The number of aromatic nitrogens is 3. The third-order valence-corrected chi connectivity index (χ3v) is 8.99. The molecule has 0 aliphatic heterocycles. The van der Waals surface area contributed by atoms with Crippen molar-refractivity contribution in [2.45, 2.75) is 66.8 Å². The van der Waals surface area contributed by atoms with E-state index in [0.29, 0.717) is 11.8 Å². The SMILES string of the molecule is Cc1cc2c(oc3c(-c4nc5ccccc5n4Cc4c(C(C)C)cc(-c5ccccc5)cc4C(C)C)ccc(C)c32)c(C)n1. The Morgan fingerprint density at radius 2 is 1.39 bits per heavy atom. The van der Waals surface area contributed by atoms with Gasteiger partial charge in [0.15, 0.2) is 5.58 Å². The molecular weight excluding hydrogens is 538 g/mol. The van der Waals surface area contributed by atoms with Crippen molar-refractivity contribution in [1.29, 1.82) is 0 Å². The van der Waals surface area contributed by atoms with E-state index in [-0.39, 0.29) is 0 Å². The molecule has 4 heteroatoms. The van der Waals surface area contributed by atoms with Crippen LogP contribution in [0.15, 0.2) is 89.3 Å². The van der Waals surface area contributed by atoms with Crippen LogP contribution in [-0.4, -0.2) is 14.5 Å². The van der Waals surface area contributed by atoms with Gasteiger partial charge in [-0.15, -0.1) is 0 Å². The van der Waals surface area contributed by atoms with Gasteiger partial charge in [0.25, 0.3) is 0 Å². The van der Waals surface area contributed by atoms with Gasteiger partial charge in [-0.2, -0.15) is 0 Å². The van der Waals surface area contributed by atoms with Crippen LogP contribution in [0.25, 0.3) is 55.5 Å². The molecule has 0 saturated carbocycles. The van der Waals surface area contributed by atoms with Gasteiger partial charge in [0.2, 0.25) is 0 Å². The van der Waals surface area contributed by atoms with Gasteiger partial charge in [-0.1, -0.05) is 88.4 Å². The normalized spacial score (nSPS) is 12.0. The number of furan rings is 1. The third-order valence-electron chi connectivity index (χ3n) is 8.99. The minimum absolute atomic E-state index is 0.365. The summed E-state index contributed by atoms with van der Waals surface area (Å²) in [5, 5.41) is 2.26. The number of rotatable bonds is 6. The molecule has 0 unspecified atom stereocenters. The first kappa shape index (κ1) is 28.1. The molecule has 4 nitrogen and oxygen atoms in total. The molecule has 7 aromatic rings. The molecule has 44 heavy (non-hydrogen) atoms. The highest BCUT2D eigenvalue weighted by molar-refractivity contribution is 6.11. The minimum Gasteiger partial charge on any atom is -0.453 e. The van der Waals surface area contributed by atoms with Gasteiger partial charge in [0.1, 0.15) is 11.4 Å². The second kappa shape index (κ2) is 10.8. The van der Waals surface area contributed by atoms with E-state index in [1.54, 1.807) is 0 Å². The molecule has 7 rings (SSSR count). The Bertz CT molecular complexity index is 2150. The summed E-state index contributed by atoms with van der Waals surface area (Å²) in [6.07, 6.45) is 0. The number of fused-ring (bicyclic) bond motifs is 4. The van der Waals surface area contributed by atoms with Crippen LogP contribution in [0, 0.1) is 20.8 Å². The van der Waals surface area contributed by atoms with Gasteiger partial charge in [0.05, 0.1) is 28.8 Å². The number of para-hydroxylation sites is 2. The van der Waals surface area contributed by atoms with Crippen molar-refractivity contribution in [3.63, 3.8) is 0 Å². The molecular formula is C40H39N3O. The van der Waals surface area contributed by atoms with Crippen LogP contribution in [0.4, 0.5) is 0 Å². The summed E-state index contributed by atoms with van der Waals surface area (Å²) in [6.45, 7) is 16.2. The first-order valence-electron chi connectivity index (χ1n) is 15.7. The van der Waals surface area contributed by atoms with Gasteiger partial charge in [-0.05, 0) is 90.3 Å². The number of benzene rings is 4. The molecule has 0 aliphatic rings. The zero-order valence-electron chi connectivity index (χ0n) is 26.7. The van der Waals surface area contributed by atoms with Gasteiger partial charge < -0.3 is 8.98 Å². The number of hydrogen-bond acceptors (Lipinski definition) is 3. The molecule has 0 saturated heterocycles. The summed E-state index contributed by atoms with van der Waals surface area (Å²) >= 11 is 0. The zero-order valence-corrected chi connectivity index (χ0v) is 26.7. The molecule has 4 aromatic carbocycles. The van der Waals surface area contributed by atoms with Gasteiger partial charge in [0, 0.05) is 16.5 Å². The molecule has 220 valence electrons. The lowest BCUT2D eigenvalue weighted by atomic mass is 9.85. The Labute approximate surface area is 259 Å². The van der Waals surface area contributed by atoms with E-state index in [0.717, 1.165) is 62.3 Å². The van der Waals surface area contributed by atoms with E-state index in [1.807, 2.05) is 13.8 Å². The molecule has 0 fully saturated rings. The molecule has 0 amide bonds. The molecule has 0 bridgehead atoms. The lowest BCUT2D eigenvalue weighted by Crippen LogP contribution is -2.11. The van der Waals surface area contributed by atoms with Crippen molar-refractivity contribution in [2.75, 3.05) is 0 Å². The highest BCUT2D eigenvalue weighted by Gasteiger charge is 2.24. The molecule has 0 radical (unpaired) electrons. The Kier molecular flexibility index (Phi) is 6.88. The fourth-order valence-electron chi connectivity index (χ4n) is 6.86. The lowest BCUT2D eigenvalue weighted by Gasteiger charge is -2.23. The number of imidazole rings is 1. The van der Waals surface area contributed by atoms with Gasteiger partial charge in [-0.3, -0.25) is 4.98 Å². The van der Waals surface area contributed by atoms with Crippen LogP contribution in [0.2, 0.25) is 0 Å². The first-order valence-corrected chi connectivity index (χ1v) is 15.7. The van der Waals surface area contributed by atoms with Crippen molar-refractivity contribution in [3.05, 3.63) is 119 Å². The predicted octanol–water partition coefficient (Wildman–Crippen LogP) is 10.9. The highest BCUT2D eigenvalue weighted by atomic mass is 16.3. The third kappa shape index (κ3) is 4.61. The van der Waals surface area contributed by atoms with Crippen LogP contribution < -0.4 is 0 Å². The van der Waals surface area contributed by atoms with Crippen LogP contribution in [0.1, 0.15) is 73.2 Å². The Balaban J connectivity index is 1.49. The summed E-state index contributed by atoms with van der Waals surface area (Å²) in [7, 11) is 0. The van der Waals surface area contributed by atoms with Crippen LogP contribution in [0.5, 0.6) is 0 Å². The van der Waals surface area contributed by atoms with E-state index in [9.17, 15) is 0 Å². The average molecular weight is 578 g/mol. The predicted molar refractivity (Wildman–Crippen MR) is 184 cm³/mol. The van der Waals surface area contributed by atoms with Crippen molar-refractivity contribution in [2.24, 2.45) is 0 Å². The van der Waals surface area contributed by atoms with Crippen molar-refractivity contribution in [3.8, 4) is 22.5 Å². The Hall–Kier alpha value is -4.70. The van der Waals surface area contributed by atoms with E-state index >= 15 is 0 Å². The summed E-state index contributed by atoms with van der Waals surface area (Å²) in [5.41, 5.74) is 14.6. The fourth-order valence-corrected chi connectivity index (χ4v) is 6.86. The average Bonchev–Trinajstić information content (AvgIpc) is 3.57. The molecule has 3 aromatic heterocycles. The van der Waals surface area contributed by atoms with E-state index in [1.165, 1.54) is 33.4 Å². The van der Waals surface area contributed by atoms with Gasteiger partial charge >= 0.3 is 0 Å². The molecule has 0 atom stereocenters. The van der Waals surface area contributed by atoms with E-state index in [4.69, 9.17) is 14.4 Å². The fraction of sp³-hybridized carbons (Fsp3) is 0.250. The monoisotopic (exact) mass is 577 g/mol. The van der Waals surface area contributed by atoms with E-state index < -0.39 is 0 Å². The summed E-state index contributed by atoms with van der Waals surface area (Å²) in [5.74, 6) is 1.66. The Morgan fingerprint density at radius 3 is 2.09 bits per heavy atom. The smallest absolute Gasteiger partial charge is 0.156 e. The molecule has 0 aliphatic carbocycles. The van der Waals surface area contributed by atoms with Crippen molar-refractivity contribution < 1.29 is 4.42 Å². The maximum Gasteiger partial charge on any atom is 0.156 e. The number of hydrogen-bond donors (Lipinski definition) is 0.